The fraction of sp³-hybridized carbons (Fsp3) is 0.160. The minimum Gasteiger partial charge on any atom is -0.467 e. The Balaban J connectivity index is 1.72. The minimum atomic E-state index is -0.941. The number of benzene rings is 3. The number of hydrogen-bond donors (Lipinski definition) is 1. The van der Waals surface area contributed by atoms with Crippen LogP contribution in [0.1, 0.15) is 37.8 Å². The van der Waals surface area contributed by atoms with Gasteiger partial charge in [-0.15, -0.1) is 0 Å². The first-order valence-corrected chi connectivity index (χ1v) is 9.80. The van der Waals surface area contributed by atoms with Crippen molar-refractivity contribution < 1.29 is 23.9 Å². The van der Waals surface area contributed by atoms with Crippen LogP contribution in [0.2, 0.25) is 0 Å². The first-order chi connectivity index (χ1) is 15.0. The number of esters is 2. The van der Waals surface area contributed by atoms with Crippen LogP contribution in [0.4, 0.5) is 0 Å². The van der Waals surface area contributed by atoms with E-state index in [1.807, 2.05) is 48.5 Å². The summed E-state index contributed by atoms with van der Waals surface area (Å²) >= 11 is 0. The fourth-order valence-corrected chi connectivity index (χ4v) is 4.09. The second-order valence-electron chi connectivity index (χ2n) is 7.20. The molecule has 31 heavy (non-hydrogen) atoms. The highest BCUT2D eigenvalue weighted by Crippen LogP contribution is 2.46. The number of carbonyl (C=O) groups is 3. The quantitative estimate of drug-likeness (QED) is 0.645. The highest BCUT2D eigenvalue weighted by molar-refractivity contribution is 6.00. The Morgan fingerprint density at radius 1 is 0.774 bits per heavy atom. The van der Waals surface area contributed by atoms with Crippen molar-refractivity contribution in [3.63, 3.8) is 0 Å². The van der Waals surface area contributed by atoms with Gasteiger partial charge in [0.15, 0.2) is 0 Å². The summed E-state index contributed by atoms with van der Waals surface area (Å²) in [4.78, 5) is 37.7. The third-order valence-electron chi connectivity index (χ3n) is 5.50. The molecule has 3 aromatic carbocycles. The van der Waals surface area contributed by atoms with Crippen molar-refractivity contribution in [2.24, 2.45) is 0 Å². The van der Waals surface area contributed by atoms with Crippen molar-refractivity contribution in [2.75, 3.05) is 14.2 Å². The largest absolute Gasteiger partial charge is 0.467 e. The molecule has 0 radical (unpaired) electrons. The summed E-state index contributed by atoms with van der Waals surface area (Å²) in [5.41, 5.74) is 4.45. The van der Waals surface area contributed by atoms with Crippen molar-refractivity contribution in [2.45, 2.75) is 12.0 Å². The maximum absolute atomic E-state index is 13.0. The van der Waals surface area contributed by atoms with Crippen molar-refractivity contribution in [1.29, 1.82) is 0 Å². The van der Waals surface area contributed by atoms with Crippen LogP contribution in [-0.4, -0.2) is 38.1 Å². The van der Waals surface area contributed by atoms with Gasteiger partial charge in [0.25, 0.3) is 5.91 Å². The molecule has 0 unspecified atom stereocenters. The van der Waals surface area contributed by atoms with E-state index in [1.165, 1.54) is 20.3 Å². The highest BCUT2D eigenvalue weighted by atomic mass is 16.5. The van der Waals surface area contributed by atoms with Crippen LogP contribution >= 0.6 is 0 Å². The molecule has 0 aliphatic heterocycles. The average molecular weight is 415 g/mol. The second kappa shape index (κ2) is 8.44. The van der Waals surface area contributed by atoms with Gasteiger partial charge in [-0.2, -0.15) is 0 Å². The smallest absolute Gasteiger partial charge is 0.337 e. The SMILES string of the molecule is COC(=O)c1cccc(C(=O)N[C@H](C(=O)OC)C2c3ccccc3-c3ccccc32)c1. The van der Waals surface area contributed by atoms with Gasteiger partial charge in [-0.1, -0.05) is 54.6 Å². The van der Waals surface area contributed by atoms with Gasteiger partial charge < -0.3 is 14.8 Å². The molecule has 0 saturated heterocycles. The lowest BCUT2D eigenvalue weighted by atomic mass is 9.89. The van der Waals surface area contributed by atoms with E-state index in [0.29, 0.717) is 0 Å². The van der Waals surface area contributed by atoms with Crippen LogP contribution in [0, 0.1) is 0 Å². The van der Waals surface area contributed by atoms with Crippen LogP contribution < -0.4 is 5.32 Å². The van der Waals surface area contributed by atoms with Crippen LogP contribution in [0.3, 0.4) is 0 Å². The molecule has 3 aromatic rings. The van der Waals surface area contributed by atoms with E-state index in [2.05, 4.69) is 5.32 Å². The summed E-state index contributed by atoms with van der Waals surface area (Å²) in [5, 5.41) is 2.83. The lowest BCUT2D eigenvalue weighted by Crippen LogP contribution is -2.45. The zero-order valence-electron chi connectivity index (χ0n) is 17.1. The molecule has 0 bridgehead atoms. The standard InChI is InChI=1S/C25H21NO5/c1-30-24(28)16-9-7-8-15(14-16)23(27)26-22(25(29)31-2)21-19-12-5-3-10-17(19)18-11-4-6-13-20(18)21/h3-14,21-22H,1-2H3,(H,26,27)/t22-/m0/s1. The minimum absolute atomic E-state index is 0.247. The van der Waals surface area contributed by atoms with Gasteiger partial charge in [0.2, 0.25) is 0 Å². The summed E-state index contributed by atoms with van der Waals surface area (Å²) in [6, 6.07) is 20.9. The molecule has 0 fully saturated rings. The Hall–Kier alpha value is -3.93. The monoisotopic (exact) mass is 415 g/mol. The van der Waals surface area contributed by atoms with Gasteiger partial charge in [-0.3, -0.25) is 4.79 Å². The first-order valence-electron chi connectivity index (χ1n) is 9.80. The maximum atomic E-state index is 13.0. The van der Waals surface area contributed by atoms with Crippen LogP contribution in [0.25, 0.3) is 11.1 Å². The van der Waals surface area contributed by atoms with Gasteiger partial charge in [-0.05, 0) is 40.5 Å². The number of nitrogens with one attached hydrogen (secondary N) is 1. The molecule has 1 atom stereocenters. The number of hydrogen-bond acceptors (Lipinski definition) is 5. The molecular formula is C25H21NO5. The molecule has 0 spiro atoms. The Morgan fingerprint density at radius 2 is 1.35 bits per heavy atom. The highest BCUT2D eigenvalue weighted by Gasteiger charge is 2.39. The van der Waals surface area contributed by atoms with E-state index >= 15 is 0 Å². The molecule has 156 valence electrons. The third-order valence-corrected chi connectivity index (χ3v) is 5.50. The molecule has 0 heterocycles. The Morgan fingerprint density at radius 3 is 1.94 bits per heavy atom. The van der Waals surface area contributed by atoms with Crippen LogP contribution in [0.5, 0.6) is 0 Å². The number of ether oxygens (including phenoxy) is 2. The lowest BCUT2D eigenvalue weighted by Gasteiger charge is -2.24. The van der Waals surface area contributed by atoms with Crippen molar-refractivity contribution in [3.8, 4) is 11.1 Å². The zero-order valence-corrected chi connectivity index (χ0v) is 17.1. The number of fused-ring (bicyclic) bond motifs is 3. The van der Waals surface area contributed by atoms with Crippen molar-refractivity contribution in [3.05, 3.63) is 95.1 Å². The van der Waals surface area contributed by atoms with E-state index < -0.39 is 29.8 Å². The van der Waals surface area contributed by atoms with E-state index in [-0.39, 0.29) is 11.1 Å². The van der Waals surface area contributed by atoms with Crippen LogP contribution in [0.15, 0.2) is 72.8 Å². The lowest BCUT2D eigenvalue weighted by molar-refractivity contribution is -0.143. The van der Waals surface area contributed by atoms with E-state index in [1.54, 1.807) is 18.2 Å². The zero-order chi connectivity index (χ0) is 22.0. The molecule has 4 rings (SSSR count). The predicted molar refractivity (Wildman–Crippen MR) is 115 cm³/mol. The number of amides is 1. The molecule has 1 aliphatic carbocycles. The van der Waals surface area contributed by atoms with Gasteiger partial charge in [-0.25, -0.2) is 9.59 Å². The molecule has 1 amide bonds. The Bertz CT molecular complexity index is 1120. The molecule has 0 saturated carbocycles. The summed E-state index contributed by atoms with van der Waals surface area (Å²) in [5.74, 6) is -1.97. The number of methoxy groups -OCH3 is 2. The molecule has 6 heteroatoms. The Kier molecular flexibility index (Phi) is 5.54. The molecule has 0 aromatic heterocycles. The van der Waals surface area contributed by atoms with Gasteiger partial charge in [0, 0.05) is 11.5 Å². The van der Waals surface area contributed by atoms with Crippen LogP contribution in [-0.2, 0) is 14.3 Å². The number of rotatable bonds is 5. The van der Waals surface area contributed by atoms with E-state index in [0.717, 1.165) is 22.3 Å². The normalized spacial score (nSPS) is 13.0. The Labute approximate surface area is 179 Å². The predicted octanol–water partition coefficient (Wildman–Crippen LogP) is 3.56. The summed E-state index contributed by atoms with van der Waals surface area (Å²) in [6.07, 6.45) is 0. The van der Waals surface area contributed by atoms with Gasteiger partial charge in [0.1, 0.15) is 6.04 Å². The molecule has 6 nitrogen and oxygen atoms in total. The fourth-order valence-electron chi connectivity index (χ4n) is 4.09. The summed E-state index contributed by atoms with van der Waals surface area (Å²) in [6.45, 7) is 0. The third kappa shape index (κ3) is 3.68. The molecule has 1 N–H and O–H groups in total. The average Bonchev–Trinajstić information content (AvgIpc) is 3.15. The van der Waals surface area contributed by atoms with Gasteiger partial charge >= 0.3 is 11.9 Å². The summed E-state index contributed by atoms with van der Waals surface area (Å²) < 4.78 is 9.77. The second-order valence-corrected chi connectivity index (χ2v) is 7.20. The first kappa shape index (κ1) is 20.3. The van der Waals surface area contributed by atoms with Gasteiger partial charge in [0.05, 0.1) is 19.8 Å². The van der Waals surface area contributed by atoms with Crippen molar-refractivity contribution in [1.82, 2.24) is 5.32 Å². The molecule has 1 aliphatic rings. The number of carbonyl (C=O) groups excluding carboxylic acids is 3. The maximum Gasteiger partial charge on any atom is 0.337 e. The summed E-state index contributed by atoms with van der Waals surface area (Å²) in [7, 11) is 2.57. The topological polar surface area (TPSA) is 81.7 Å². The van der Waals surface area contributed by atoms with E-state index in [9.17, 15) is 14.4 Å². The van der Waals surface area contributed by atoms with E-state index in [4.69, 9.17) is 9.47 Å². The molecular weight excluding hydrogens is 394 g/mol. The van der Waals surface area contributed by atoms with Crippen molar-refractivity contribution >= 4 is 17.8 Å².